The van der Waals surface area contributed by atoms with Crippen LogP contribution in [-0.4, -0.2) is 88.1 Å². The zero-order chi connectivity index (χ0) is 45.1. The summed E-state index contributed by atoms with van der Waals surface area (Å²) in [6.07, 6.45) is 45.5. The van der Waals surface area contributed by atoms with Gasteiger partial charge < -0.3 is 34.8 Å². The third-order valence-corrected chi connectivity index (χ3v) is 9.54. The molecule has 12 nitrogen and oxygen atoms in total. The van der Waals surface area contributed by atoms with E-state index in [1.165, 1.54) is 19.3 Å². The van der Waals surface area contributed by atoms with E-state index in [4.69, 9.17) is 19.1 Å². The van der Waals surface area contributed by atoms with Crippen molar-refractivity contribution >= 4 is 19.8 Å². The molecule has 0 aliphatic heterocycles. The van der Waals surface area contributed by atoms with Gasteiger partial charge in [-0.2, -0.15) is 0 Å². The predicted molar refractivity (Wildman–Crippen MR) is 244 cm³/mol. The highest BCUT2D eigenvalue weighted by Gasteiger charge is 2.27. The number of ether oxygens (including phenoxy) is 2. The largest absolute Gasteiger partial charge is 0.472 e. The first-order chi connectivity index (χ1) is 29.5. The van der Waals surface area contributed by atoms with Gasteiger partial charge in [-0.05, 0) is 77.0 Å². The second-order valence-electron chi connectivity index (χ2n) is 14.4. The Morgan fingerprint density at radius 2 is 1.10 bits per heavy atom. The van der Waals surface area contributed by atoms with Gasteiger partial charge in [0, 0.05) is 12.8 Å². The van der Waals surface area contributed by atoms with Gasteiger partial charge >= 0.3 is 19.8 Å². The molecule has 346 valence electrons. The summed E-state index contributed by atoms with van der Waals surface area (Å²) in [4.78, 5) is 35.0. The van der Waals surface area contributed by atoms with Crippen molar-refractivity contribution in [1.29, 1.82) is 0 Å². The fourth-order valence-electron chi connectivity index (χ4n) is 5.14. The van der Waals surface area contributed by atoms with Gasteiger partial charge in [-0.15, -0.1) is 0 Å². The van der Waals surface area contributed by atoms with Gasteiger partial charge in [-0.25, -0.2) is 4.57 Å². The molecule has 5 atom stereocenters. The number of carbonyl (C=O) groups is 2. The number of unbranched alkanes of at least 4 members (excludes halogenated alkanes) is 7. The Morgan fingerprint density at radius 1 is 0.574 bits per heavy atom. The van der Waals surface area contributed by atoms with Crippen LogP contribution in [0.1, 0.15) is 129 Å². The van der Waals surface area contributed by atoms with Crippen LogP contribution in [0.5, 0.6) is 0 Å². The van der Waals surface area contributed by atoms with Gasteiger partial charge in [0.05, 0.1) is 32.0 Å². The van der Waals surface area contributed by atoms with E-state index < -0.39 is 70.6 Å². The number of rotatable bonds is 39. The Morgan fingerprint density at radius 3 is 1.69 bits per heavy atom. The van der Waals surface area contributed by atoms with Gasteiger partial charge in [0.2, 0.25) is 0 Å². The van der Waals surface area contributed by atoms with Crippen LogP contribution in [0.3, 0.4) is 0 Å². The second kappa shape index (κ2) is 41.9. The number of esters is 2. The van der Waals surface area contributed by atoms with Crippen molar-refractivity contribution in [2.45, 2.75) is 154 Å². The molecule has 0 bridgehead atoms. The number of aliphatic hydroxyl groups is 4. The van der Waals surface area contributed by atoms with Gasteiger partial charge in [0.1, 0.15) is 12.7 Å². The molecule has 1 unspecified atom stereocenters. The van der Waals surface area contributed by atoms with E-state index >= 15 is 0 Å². The van der Waals surface area contributed by atoms with Crippen molar-refractivity contribution in [2.75, 3.05) is 26.4 Å². The van der Waals surface area contributed by atoms with Crippen LogP contribution in [-0.2, 0) is 32.7 Å². The van der Waals surface area contributed by atoms with Crippen molar-refractivity contribution < 1.29 is 58.0 Å². The lowest BCUT2D eigenvalue weighted by molar-refractivity contribution is -0.161. The highest BCUT2D eigenvalue weighted by atomic mass is 31.2. The maximum absolute atomic E-state index is 12.6. The Hall–Kier alpha value is -3.45. The third-order valence-electron chi connectivity index (χ3n) is 8.59. The summed E-state index contributed by atoms with van der Waals surface area (Å²) >= 11 is 0. The molecular formula is C48H77O12P. The van der Waals surface area contributed by atoms with Crippen molar-refractivity contribution in [3.8, 4) is 0 Å². The molecule has 61 heavy (non-hydrogen) atoms. The second-order valence-corrected chi connectivity index (χ2v) is 15.8. The van der Waals surface area contributed by atoms with Gasteiger partial charge in [-0.3, -0.25) is 18.6 Å². The number of phosphoric acid groups is 1. The Balaban J connectivity index is 4.58. The van der Waals surface area contributed by atoms with Crippen LogP contribution in [0, 0.1) is 0 Å². The first-order valence-corrected chi connectivity index (χ1v) is 23.6. The lowest BCUT2D eigenvalue weighted by Gasteiger charge is -2.20. The number of carbonyl (C=O) groups excluding carboxylic acids is 2. The van der Waals surface area contributed by atoms with Crippen LogP contribution in [0.4, 0.5) is 0 Å². The molecule has 0 aliphatic carbocycles. The number of allylic oxidation sites excluding steroid dienone is 14. The number of phosphoric ester groups is 1. The van der Waals surface area contributed by atoms with Gasteiger partial charge in [0.15, 0.2) is 6.10 Å². The van der Waals surface area contributed by atoms with E-state index in [0.717, 1.165) is 51.4 Å². The van der Waals surface area contributed by atoms with Crippen molar-refractivity contribution in [1.82, 2.24) is 0 Å². The van der Waals surface area contributed by atoms with Crippen molar-refractivity contribution in [2.24, 2.45) is 0 Å². The number of hydrogen-bond acceptors (Lipinski definition) is 11. The third kappa shape index (κ3) is 41.7. The summed E-state index contributed by atoms with van der Waals surface area (Å²) in [5.41, 5.74) is 0. The maximum Gasteiger partial charge on any atom is 0.472 e. The van der Waals surface area contributed by atoms with Crippen LogP contribution in [0.15, 0.2) is 109 Å². The van der Waals surface area contributed by atoms with Crippen molar-refractivity contribution in [3.05, 3.63) is 109 Å². The minimum atomic E-state index is -4.68. The molecule has 0 spiro atoms. The van der Waals surface area contributed by atoms with Crippen LogP contribution in [0.2, 0.25) is 0 Å². The maximum atomic E-state index is 12.6. The fourth-order valence-corrected chi connectivity index (χ4v) is 5.93. The molecule has 0 aromatic carbocycles. The molecule has 0 aliphatic rings. The molecule has 13 heteroatoms. The number of aliphatic hydroxyl groups excluding tert-OH is 4. The molecule has 0 saturated carbocycles. The quantitative estimate of drug-likeness (QED) is 0.0129. The molecule has 0 saturated heterocycles. The van der Waals surface area contributed by atoms with E-state index in [9.17, 15) is 34.4 Å². The average molecular weight is 877 g/mol. The average Bonchev–Trinajstić information content (AvgIpc) is 3.24. The molecule has 0 aromatic rings. The first-order valence-electron chi connectivity index (χ1n) is 22.1. The highest BCUT2D eigenvalue weighted by molar-refractivity contribution is 7.47. The van der Waals surface area contributed by atoms with Crippen LogP contribution in [0.25, 0.3) is 0 Å². The standard InChI is InChI=1S/C48H77O12P/c1-3-5-7-8-9-10-11-12-13-14-15-16-17-18-19-24-32-38-48(54)60-46(42-59-61(55,56)58-40-45(52)39-49)41-57-47(53)37-31-23-21-20-22-28-34-44(51)36-30-26-25-29-35-43(50)33-27-6-4-2/h6,9-10,12-13,15-16,21-23,25-30,35-36,43-46,49-52H,3-5,7-8,11,14,17-20,24,31-34,37-42H2,1-2H3,(H,55,56)/b10-9-,13-12-,16-15-,23-21-,26-25-,27-6-,28-22-,35-29+,36-30+/t43-,44+,45+,46-/m1/s1. The Bertz CT molecular complexity index is 1410. The summed E-state index contributed by atoms with van der Waals surface area (Å²) in [7, 11) is -4.68. The molecule has 5 N–H and O–H groups in total. The topological polar surface area (TPSA) is 189 Å². The first kappa shape index (κ1) is 57.5. The molecule has 0 rings (SSSR count). The van der Waals surface area contributed by atoms with E-state index in [1.54, 1.807) is 36.5 Å². The minimum absolute atomic E-state index is 0.0478. The zero-order valence-corrected chi connectivity index (χ0v) is 37.7. The van der Waals surface area contributed by atoms with Crippen LogP contribution >= 0.6 is 7.82 Å². The molecule has 0 fully saturated rings. The summed E-state index contributed by atoms with van der Waals surface area (Å²) < 4.78 is 32.6. The lowest BCUT2D eigenvalue weighted by atomic mass is 10.1. The van der Waals surface area contributed by atoms with Gasteiger partial charge in [-0.1, -0.05) is 149 Å². The van der Waals surface area contributed by atoms with Crippen molar-refractivity contribution in [3.63, 3.8) is 0 Å². The fraction of sp³-hybridized carbons (Fsp3) is 0.583. The van der Waals surface area contributed by atoms with Crippen LogP contribution < -0.4 is 0 Å². The van der Waals surface area contributed by atoms with E-state index in [2.05, 4.69) is 47.9 Å². The summed E-state index contributed by atoms with van der Waals surface area (Å²) in [6, 6.07) is 0. The Labute approximate surface area is 366 Å². The monoisotopic (exact) mass is 877 g/mol. The zero-order valence-electron chi connectivity index (χ0n) is 36.8. The summed E-state index contributed by atoms with van der Waals surface area (Å²) in [5.74, 6) is -1.13. The smallest absolute Gasteiger partial charge is 0.462 e. The highest BCUT2D eigenvalue weighted by Crippen LogP contribution is 2.43. The number of hydrogen-bond donors (Lipinski definition) is 5. The molecular weight excluding hydrogens is 799 g/mol. The SMILES string of the molecule is CC/C=C\C[C@@H](O)/C=C/C=C\C=C\[C@@H](O)C/C=C\C/C=C\CCC(=O)OC[C@H](COP(=O)(O)OC[C@@H](O)CO)OC(=O)CCCCCC/C=C\C/C=C\C/C=C\CCCCC. The minimum Gasteiger partial charge on any atom is -0.462 e. The normalized spacial score (nSPS) is 15.9. The molecule has 0 aromatic heterocycles. The lowest BCUT2D eigenvalue weighted by Crippen LogP contribution is -2.29. The predicted octanol–water partition coefficient (Wildman–Crippen LogP) is 9.72. The Kier molecular flexibility index (Phi) is 39.5. The molecule has 0 radical (unpaired) electrons. The van der Waals surface area contributed by atoms with E-state index in [-0.39, 0.29) is 12.8 Å². The van der Waals surface area contributed by atoms with E-state index in [1.807, 2.05) is 43.4 Å². The summed E-state index contributed by atoms with van der Waals surface area (Å²) in [5, 5.41) is 38.3. The molecule has 0 amide bonds. The van der Waals surface area contributed by atoms with E-state index in [0.29, 0.717) is 32.1 Å². The van der Waals surface area contributed by atoms with Gasteiger partial charge in [0.25, 0.3) is 0 Å². The summed E-state index contributed by atoms with van der Waals surface area (Å²) in [6.45, 7) is 1.90. The molecule has 0 heterocycles.